The Bertz CT molecular complexity index is 1380. The molecule has 1 aromatic carbocycles. The van der Waals surface area contributed by atoms with Crippen LogP contribution in [0.25, 0.3) is 20.7 Å². The van der Waals surface area contributed by atoms with E-state index in [1.807, 2.05) is 0 Å². The quantitative estimate of drug-likeness (QED) is 0.400. The lowest BCUT2D eigenvalue weighted by Crippen LogP contribution is -2.46. The highest BCUT2D eigenvalue weighted by atomic mass is 35.5. The molecule has 1 aliphatic carbocycles. The number of rotatable bonds is 6. The van der Waals surface area contributed by atoms with Gasteiger partial charge in [-0.15, -0.1) is 11.3 Å². The summed E-state index contributed by atoms with van der Waals surface area (Å²) in [6.07, 6.45) is 5.56. The number of aryl methyl sites for hydroxylation is 2. The summed E-state index contributed by atoms with van der Waals surface area (Å²) in [7, 11) is 0. The predicted octanol–water partition coefficient (Wildman–Crippen LogP) is 4.83. The second kappa shape index (κ2) is 9.46. The highest BCUT2D eigenvalue weighted by Crippen LogP contribution is 2.45. The van der Waals surface area contributed by atoms with Gasteiger partial charge in [0.2, 0.25) is 0 Å². The Morgan fingerprint density at radius 2 is 1.91 bits per heavy atom. The third-order valence-electron chi connectivity index (χ3n) is 7.02. The van der Waals surface area contributed by atoms with E-state index in [0.717, 1.165) is 80.4 Å². The third kappa shape index (κ3) is 4.42. The van der Waals surface area contributed by atoms with Gasteiger partial charge in [-0.2, -0.15) is 5.10 Å². The molecule has 1 saturated heterocycles. The number of benzene rings is 1. The molecule has 6 rings (SSSR count). The molecule has 10 heteroatoms. The van der Waals surface area contributed by atoms with Crippen LogP contribution < -0.4 is 5.32 Å². The zero-order valence-electron chi connectivity index (χ0n) is 19.6. The van der Waals surface area contributed by atoms with Crippen molar-refractivity contribution in [2.24, 2.45) is 0 Å². The number of halogens is 2. The van der Waals surface area contributed by atoms with E-state index < -0.39 is 5.82 Å². The number of anilines is 2. The number of nitrogens with zero attached hydrogens (tertiary/aromatic N) is 6. The monoisotopic (exact) mass is 511 g/mol. The summed E-state index contributed by atoms with van der Waals surface area (Å²) in [6.45, 7) is 9.85. The van der Waals surface area contributed by atoms with Crippen molar-refractivity contribution in [1.82, 2.24) is 29.5 Å². The molecule has 7 nitrogen and oxygen atoms in total. The number of nitrogens with one attached hydrogen (secondary N) is 1. The molecule has 1 fully saturated rings. The van der Waals surface area contributed by atoms with E-state index in [1.165, 1.54) is 22.1 Å². The van der Waals surface area contributed by atoms with E-state index in [0.29, 0.717) is 5.69 Å². The van der Waals surface area contributed by atoms with Gasteiger partial charge in [-0.3, -0.25) is 9.58 Å². The summed E-state index contributed by atoms with van der Waals surface area (Å²) in [4.78, 5) is 16.3. The number of hydrogen-bond acceptors (Lipinski definition) is 7. The Kier molecular flexibility index (Phi) is 6.18. The van der Waals surface area contributed by atoms with Gasteiger partial charge in [-0.05, 0) is 43.1 Å². The smallest absolute Gasteiger partial charge is 0.142 e. The largest absolute Gasteiger partial charge is 0.340 e. The van der Waals surface area contributed by atoms with E-state index in [2.05, 4.69) is 42.9 Å². The minimum absolute atomic E-state index is 0.0805. The summed E-state index contributed by atoms with van der Waals surface area (Å²) in [5, 5.41) is 9.36. The molecule has 0 bridgehead atoms. The maximum atomic E-state index is 13.6. The first kappa shape index (κ1) is 22.8. The summed E-state index contributed by atoms with van der Waals surface area (Å²) in [6, 6.07) is 4.60. The average Bonchev–Trinajstić information content (AvgIpc) is 3.47. The molecular weight excluding hydrogens is 485 g/mol. The van der Waals surface area contributed by atoms with Crippen molar-refractivity contribution < 1.29 is 4.39 Å². The van der Waals surface area contributed by atoms with Crippen LogP contribution >= 0.6 is 22.9 Å². The zero-order chi connectivity index (χ0) is 23.9. The van der Waals surface area contributed by atoms with Gasteiger partial charge in [0.05, 0.1) is 22.6 Å². The van der Waals surface area contributed by atoms with Gasteiger partial charge in [0.1, 0.15) is 22.8 Å². The molecule has 4 heterocycles. The van der Waals surface area contributed by atoms with Crippen LogP contribution in [0.1, 0.15) is 18.2 Å². The van der Waals surface area contributed by atoms with Crippen molar-refractivity contribution in [2.45, 2.75) is 26.3 Å². The minimum Gasteiger partial charge on any atom is -0.340 e. The first-order valence-corrected chi connectivity index (χ1v) is 13.3. The molecule has 0 amide bonds. The van der Waals surface area contributed by atoms with E-state index in [4.69, 9.17) is 16.7 Å². The molecule has 4 aromatic rings. The molecule has 0 atom stereocenters. The molecule has 182 valence electrons. The molecule has 2 aliphatic rings. The molecule has 35 heavy (non-hydrogen) atoms. The van der Waals surface area contributed by atoms with Crippen molar-refractivity contribution in [1.29, 1.82) is 0 Å². The lowest BCUT2D eigenvalue weighted by molar-refractivity contribution is 0.133. The van der Waals surface area contributed by atoms with Crippen molar-refractivity contribution in [3.8, 4) is 10.4 Å². The highest BCUT2D eigenvalue weighted by molar-refractivity contribution is 7.22. The second-order valence-corrected chi connectivity index (χ2v) is 10.5. The number of hydrogen-bond donors (Lipinski definition) is 1. The highest BCUT2D eigenvalue weighted by Gasteiger charge is 2.26. The van der Waals surface area contributed by atoms with Crippen molar-refractivity contribution >= 4 is 44.7 Å². The fourth-order valence-corrected chi connectivity index (χ4v) is 6.42. The van der Waals surface area contributed by atoms with Gasteiger partial charge in [0.25, 0.3) is 0 Å². The maximum absolute atomic E-state index is 13.6. The summed E-state index contributed by atoms with van der Waals surface area (Å²) in [5.41, 5.74) is 4.32. The predicted molar refractivity (Wildman–Crippen MR) is 139 cm³/mol. The van der Waals surface area contributed by atoms with Crippen LogP contribution in [0.2, 0.25) is 5.02 Å². The van der Waals surface area contributed by atoms with Crippen molar-refractivity contribution in [3.63, 3.8) is 0 Å². The first-order chi connectivity index (χ1) is 17.1. The zero-order valence-corrected chi connectivity index (χ0v) is 21.2. The first-order valence-electron chi connectivity index (χ1n) is 12.1. The van der Waals surface area contributed by atoms with Crippen molar-refractivity contribution in [3.05, 3.63) is 52.8 Å². The van der Waals surface area contributed by atoms with E-state index in [1.54, 1.807) is 29.8 Å². The molecule has 0 unspecified atom stereocenters. The molecule has 3 aromatic heterocycles. The van der Waals surface area contributed by atoms with Gasteiger partial charge in [-0.25, -0.2) is 14.4 Å². The van der Waals surface area contributed by atoms with E-state index >= 15 is 0 Å². The Labute approximate surface area is 212 Å². The van der Waals surface area contributed by atoms with Gasteiger partial charge >= 0.3 is 0 Å². The van der Waals surface area contributed by atoms with E-state index in [-0.39, 0.29) is 5.02 Å². The van der Waals surface area contributed by atoms with Crippen LogP contribution in [0.4, 0.5) is 15.9 Å². The van der Waals surface area contributed by atoms with Gasteiger partial charge in [0, 0.05) is 55.0 Å². The van der Waals surface area contributed by atoms with Crippen LogP contribution in [0.3, 0.4) is 0 Å². The van der Waals surface area contributed by atoms with Crippen LogP contribution in [0, 0.1) is 5.82 Å². The fraction of sp³-hybridized carbons (Fsp3) is 0.400. The SMILES string of the molecule is CCN1CCN(CCn2cc3c(n2)CCc2c-3sc3ncnc(Nc4ccc(F)c(Cl)c4)c23)CC1. The Morgan fingerprint density at radius 3 is 2.71 bits per heavy atom. The maximum Gasteiger partial charge on any atom is 0.142 e. The lowest BCUT2D eigenvalue weighted by Gasteiger charge is -2.33. The Balaban J connectivity index is 1.25. The molecule has 1 N–H and O–H groups in total. The number of thiophene rings is 1. The number of likely N-dealkylation sites (N-methyl/N-ethyl adjacent to an activating group) is 1. The summed E-state index contributed by atoms with van der Waals surface area (Å²) in [5.74, 6) is 0.281. The van der Waals surface area contributed by atoms with Crippen LogP contribution in [0.5, 0.6) is 0 Å². The van der Waals surface area contributed by atoms with Gasteiger partial charge in [0.15, 0.2) is 0 Å². The Hall–Kier alpha value is -2.59. The molecule has 0 spiro atoms. The average molecular weight is 512 g/mol. The molecule has 0 radical (unpaired) electrons. The summed E-state index contributed by atoms with van der Waals surface area (Å²) < 4.78 is 15.7. The Morgan fingerprint density at radius 1 is 1.09 bits per heavy atom. The molecular formula is C25H27ClFN7S. The third-order valence-corrected chi connectivity index (χ3v) is 8.48. The van der Waals surface area contributed by atoms with Gasteiger partial charge < -0.3 is 10.2 Å². The number of aromatic nitrogens is 4. The summed E-state index contributed by atoms with van der Waals surface area (Å²) >= 11 is 7.67. The molecule has 0 saturated carbocycles. The second-order valence-electron chi connectivity index (χ2n) is 9.09. The van der Waals surface area contributed by atoms with Crippen LogP contribution in [-0.2, 0) is 19.4 Å². The van der Waals surface area contributed by atoms with Crippen molar-refractivity contribution in [2.75, 3.05) is 44.6 Å². The topological polar surface area (TPSA) is 62.1 Å². The normalized spacial score (nSPS) is 16.4. The lowest BCUT2D eigenvalue weighted by atomic mass is 9.95. The van der Waals surface area contributed by atoms with Gasteiger partial charge in [-0.1, -0.05) is 18.5 Å². The number of piperazine rings is 1. The fourth-order valence-electron chi connectivity index (χ4n) is 5.02. The standard InChI is InChI=1S/C25H27ClFN7S/c1-2-32-7-9-33(10-8-32)11-12-34-14-18-21(31-34)6-4-17-22-24(28-15-29-25(22)35-23(17)18)30-16-3-5-20(27)19(26)13-16/h3,5,13-15H,2,4,6-12H2,1H3,(H,28,29,30). The minimum atomic E-state index is -0.439. The van der Waals surface area contributed by atoms with Crippen LogP contribution in [0.15, 0.2) is 30.7 Å². The number of fused-ring (bicyclic) bond motifs is 5. The van der Waals surface area contributed by atoms with Crippen LogP contribution in [-0.4, -0.2) is 68.8 Å². The van der Waals surface area contributed by atoms with E-state index in [9.17, 15) is 4.39 Å². The molecule has 1 aliphatic heterocycles.